The standard InChI is InChI=1S/C20H19N5O2S/c1-13-5-6-14-17(15(12-21)19(26)23(2)18(14)22-13)24-7-9-25(10-8-24)20(27)16-4-3-11-28-16/h3-6,11H,7-10H2,1-2H3. The van der Waals surface area contributed by atoms with Gasteiger partial charge in [0.2, 0.25) is 0 Å². The number of carbonyl (C=O) groups is 1. The zero-order valence-electron chi connectivity index (χ0n) is 15.7. The maximum absolute atomic E-state index is 12.7. The highest BCUT2D eigenvalue weighted by atomic mass is 32.1. The zero-order valence-corrected chi connectivity index (χ0v) is 16.5. The molecule has 1 fully saturated rings. The lowest BCUT2D eigenvalue weighted by molar-refractivity contribution is 0.0751. The maximum Gasteiger partial charge on any atom is 0.272 e. The highest BCUT2D eigenvalue weighted by Gasteiger charge is 2.27. The van der Waals surface area contributed by atoms with E-state index in [2.05, 4.69) is 11.1 Å². The quantitative estimate of drug-likeness (QED) is 0.666. The number of pyridine rings is 2. The number of fused-ring (bicyclic) bond motifs is 1. The van der Waals surface area contributed by atoms with Crippen LogP contribution in [0.25, 0.3) is 11.0 Å². The molecule has 1 saturated heterocycles. The van der Waals surface area contributed by atoms with Gasteiger partial charge in [0.25, 0.3) is 11.5 Å². The first-order valence-electron chi connectivity index (χ1n) is 8.99. The molecule has 28 heavy (non-hydrogen) atoms. The topological polar surface area (TPSA) is 82.2 Å². The van der Waals surface area contributed by atoms with E-state index in [1.807, 2.05) is 46.4 Å². The van der Waals surface area contributed by atoms with Crippen molar-refractivity contribution in [1.29, 1.82) is 5.26 Å². The molecule has 0 radical (unpaired) electrons. The number of nitriles is 1. The molecule has 0 atom stereocenters. The van der Waals surface area contributed by atoms with Crippen molar-refractivity contribution in [2.75, 3.05) is 31.1 Å². The van der Waals surface area contributed by atoms with Crippen molar-refractivity contribution in [1.82, 2.24) is 14.5 Å². The molecule has 0 saturated carbocycles. The molecule has 4 rings (SSSR count). The first-order valence-corrected chi connectivity index (χ1v) is 9.87. The minimum atomic E-state index is -0.347. The Labute approximate surface area is 166 Å². The highest BCUT2D eigenvalue weighted by molar-refractivity contribution is 7.12. The van der Waals surface area contributed by atoms with E-state index in [4.69, 9.17) is 0 Å². The van der Waals surface area contributed by atoms with Crippen LogP contribution in [-0.2, 0) is 7.05 Å². The predicted molar refractivity (Wildman–Crippen MR) is 109 cm³/mol. The van der Waals surface area contributed by atoms with Gasteiger partial charge in [-0.1, -0.05) is 6.07 Å². The number of nitrogens with zero attached hydrogens (tertiary/aromatic N) is 5. The number of carbonyl (C=O) groups excluding carboxylic acids is 1. The zero-order chi connectivity index (χ0) is 19.8. The number of piperazine rings is 1. The Kier molecular flexibility index (Phi) is 4.61. The lowest BCUT2D eigenvalue weighted by Crippen LogP contribution is -2.49. The molecule has 0 aliphatic carbocycles. The Morgan fingerprint density at radius 3 is 2.61 bits per heavy atom. The van der Waals surface area contributed by atoms with Gasteiger partial charge in [0, 0.05) is 44.3 Å². The summed E-state index contributed by atoms with van der Waals surface area (Å²) in [5.41, 5.74) is 1.77. The van der Waals surface area contributed by atoms with Gasteiger partial charge in [-0.25, -0.2) is 4.98 Å². The number of hydrogen-bond acceptors (Lipinski definition) is 6. The second kappa shape index (κ2) is 7.09. The fourth-order valence-electron chi connectivity index (χ4n) is 3.60. The fourth-order valence-corrected chi connectivity index (χ4v) is 4.29. The first kappa shape index (κ1) is 18.2. The summed E-state index contributed by atoms with van der Waals surface area (Å²) in [5.74, 6) is 0.0290. The van der Waals surface area contributed by atoms with Gasteiger partial charge in [-0.2, -0.15) is 5.26 Å². The van der Waals surface area contributed by atoms with E-state index in [0.29, 0.717) is 37.5 Å². The van der Waals surface area contributed by atoms with Crippen molar-refractivity contribution in [3.8, 4) is 6.07 Å². The van der Waals surface area contributed by atoms with E-state index in [-0.39, 0.29) is 17.0 Å². The van der Waals surface area contributed by atoms with E-state index >= 15 is 0 Å². The van der Waals surface area contributed by atoms with E-state index in [0.717, 1.165) is 16.0 Å². The van der Waals surface area contributed by atoms with Gasteiger partial charge >= 0.3 is 0 Å². The number of aromatic nitrogens is 2. The third kappa shape index (κ3) is 2.94. The molecule has 4 heterocycles. The fraction of sp³-hybridized carbons (Fsp3) is 0.300. The minimum absolute atomic E-state index is 0.0290. The Bertz CT molecular complexity index is 1150. The molecule has 1 aliphatic rings. The molecule has 0 aromatic carbocycles. The minimum Gasteiger partial charge on any atom is -0.366 e. The van der Waals surface area contributed by atoms with Crippen LogP contribution in [0.15, 0.2) is 34.4 Å². The number of anilines is 1. The van der Waals surface area contributed by atoms with Crippen LogP contribution in [0.2, 0.25) is 0 Å². The van der Waals surface area contributed by atoms with E-state index in [1.54, 1.807) is 7.05 Å². The second-order valence-electron chi connectivity index (χ2n) is 6.78. The van der Waals surface area contributed by atoms with Crippen molar-refractivity contribution in [2.24, 2.45) is 7.05 Å². The molecular formula is C20H19N5O2S. The van der Waals surface area contributed by atoms with Crippen molar-refractivity contribution >= 4 is 34.0 Å². The lowest BCUT2D eigenvalue weighted by atomic mass is 10.1. The average molecular weight is 393 g/mol. The lowest BCUT2D eigenvalue weighted by Gasteiger charge is -2.36. The Morgan fingerprint density at radius 1 is 1.21 bits per heavy atom. The SMILES string of the molecule is Cc1ccc2c(N3CCN(C(=O)c4cccs4)CC3)c(C#N)c(=O)n(C)c2n1. The van der Waals surface area contributed by atoms with Gasteiger partial charge < -0.3 is 9.80 Å². The number of rotatable bonds is 2. The van der Waals surface area contributed by atoms with Crippen molar-refractivity contribution in [3.05, 3.63) is 56.1 Å². The maximum atomic E-state index is 12.7. The van der Waals surface area contributed by atoms with E-state index in [9.17, 15) is 14.9 Å². The van der Waals surface area contributed by atoms with Gasteiger partial charge in [-0.3, -0.25) is 14.2 Å². The summed E-state index contributed by atoms with van der Waals surface area (Å²) in [6.07, 6.45) is 0. The summed E-state index contributed by atoms with van der Waals surface area (Å²) >= 11 is 1.43. The molecule has 0 bridgehead atoms. The van der Waals surface area contributed by atoms with Gasteiger partial charge in [0.05, 0.1) is 10.6 Å². The molecule has 7 nitrogen and oxygen atoms in total. The summed E-state index contributed by atoms with van der Waals surface area (Å²) < 4.78 is 1.43. The predicted octanol–water partition coefficient (Wildman–Crippen LogP) is 2.14. The van der Waals surface area contributed by atoms with Crippen LogP contribution in [0, 0.1) is 18.3 Å². The van der Waals surface area contributed by atoms with Crippen LogP contribution in [0.4, 0.5) is 5.69 Å². The van der Waals surface area contributed by atoms with E-state index < -0.39 is 0 Å². The monoisotopic (exact) mass is 393 g/mol. The largest absolute Gasteiger partial charge is 0.366 e. The molecule has 142 valence electrons. The summed E-state index contributed by atoms with van der Waals surface area (Å²) in [5, 5.41) is 12.3. The summed E-state index contributed by atoms with van der Waals surface area (Å²) in [7, 11) is 1.64. The molecule has 0 N–H and O–H groups in total. The molecule has 1 amide bonds. The van der Waals surface area contributed by atoms with E-state index in [1.165, 1.54) is 15.9 Å². The molecule has 1 aliphatic heterocycles. The average Bonchev–Trinajstić information content (AvgIpc) is 3.25. The van der Waals surface area contributed by atoms with Crippen LogP contribution in [0.3, 0.4) is 0 Å². The normalized spacial score (nSPS) is 14.3. The Morgan fingerprint density at radius 2 is 1.96 bits per heavy atom. The number of amides is 1. The smallest absolute Gasteiger partial charge is 0.272 e. The third-order valence-corrected chi connectivity index (χ3v) is 5.93. The number of hydrogen-bond donors (Lipinski definition) is 0. The molecular weight excluding hydrogens is 374 g/mol. The van der Waals surface area contributed by atoms with Gasteiger partial charge in [-0.05, 0) is 30.5 Å². The van der Waals surface area contributed by atoms with Crippen molar-refractivity contribution < 1.29 is 4.79 Å². The van der Waals surface area contributed by atoms with Crippen LogP contribution in [0.5, 0.6) is 0 Å². The van der Waals surface area contributed by atoms with Crippen LogP contribution >= 0.6 is 11.3 Å². The van der Waals surface area contributed by atoms with Crippen molar-refractivity contribution in [2.45, 2.75) is 6.92 Å². The van der Waals surface area contributed by atoms with Crippen LogP contribution in [0.1, 0.15) is 20.9 Å². The van der Waals surface area contributed by atoms with Gasteiger partial charge in [0.15, 0.2) is 0 Å². The summed E-state index contributed by atoms with van der Waals surface area (Å²) in [4.78, 5) is 34.4. The number of aryl methyl sites for hydroxylation is 2. The molecule has 3 aromatic rings. The van der Waals surface area contributed by atoms with Gasteiger partial charge in [0.1, 0.15) is 17.3 Å². The molecule has 3 aromatic heterocycles. The van der Waals surface area contributed by atoms with Crippen LogP contribution in [-0.4, -0.2) is 46.5 Å². The third-order valence-electron chi connectivity index (χ3n) is 5.07. The van der Waals surface area contributed by atoms with Crippen molar-refractivity contribution in [3.63, 3.8) is 0 Å². The number of thiophene rings is 1. The summed E-state index contributed by atoms with van der Waals surface area (Å²) in [6.45, 7) is 4.07. The highest BCUT2D eigenvalue weighted by Crippen LogP contribution is 2.29. The Balaban J connectivity index is 1.71. The first-order chi connectivity index (χ1) is 13.5. The second-order valence-corrected chi connectivity index (χ2v) is 7.73. The molecule has 8 heteroatoms. The molecule has 0 unspecified atom stereocenters. The van der Waals surface area contributed by atoms with Gasteiger partial charge in [-0.15, -0.1) is 11.3 Å². The van der Waals surface area contributed by atoms with Crippen LogP contribution < -0.4 is 10.5 Å². The molecule has 0 spiro atoms. The Hall–Kier alpha value is -3.18. The summed E-state index contributed by atoms with van der Waals surface area (Å²) in [6, 6.07) is 9.58.